The van der Waals surface area contributed by atoms with Crippen LogP contribution in [0.15, 0.2) is 42.6 Å². The van der Waals surface area contributed by atoms with E-state index in [2.05, 4.69) is 29.4 Å². The predicted molar refractivity (Wildman–Crippen MR) is 83.8 cm³/mol. The Labute approximate surface area is 126 Å². The average Bonchev–Trinajstić information content (AvgIpc) is 2.54. The maximum Gasteiger partial charge on any atom is 0.217 e. The van der Waals surface area contributed by atoms with Crippen molar-refractivity contribution >= 4 is 0 Å². The monoisotopic (exact) mass is 286 g/mol. The van der Waals surface area contributed by atoms with Crippen LogP contribution in [-0.4, -0.2) is 25.2 Å². The van der Waals surface area contributed by atoms with Crippen LogP contribution in [-0.2, 0) is 13.0 Å². The minimum atomic E-state index is 0.364. The molecule has 4 heteroatoms. The zero-order valence-corrected chi connectivity index (χ0v) is 12.8. The van der Waals surface area contributed by atoms with Crippen LogP contribution < -0.4 is 14.8 Å². The highest BCUT2D eigenvalue weighted by Gasteiger charge is 2.07. The van der Waals surface area contributed by atoms with Gasteiger partial charge in [-0.05, 0) is 37.1 Å². The summed E-state index contributed by atoms with van der Waals surface area (Å²) in [4.78, 5) is 4.20. The van der Waals surface area contributed by atoms with Gasteiger partial charge in [0.25, 0.3) is 0 Å². The molecule has 0 aliphatic rings. The molecule has 4 nitrogen and oxygen atoms in total. The van der Waals surface area contributed by atoms with Gasteiger partial charge in [0.1, 0.15) is 5.75 Å². The highest BCUT2D eigenvalue weighted by Crippen LogP contribution is 2.15. The molecule has 2 aromatic rings. The van der Waals surface area contributed by atoms with Gasteiger partial charge in [0.15, 0.2) is 0 Å². The van der Waals surface area contributed by atoms with Gasteiger partial charge in [0.05, 0.1) is 14.2 Å². The zero-order chi connectivity index (χ0) is 15.1. The van der Waals surface area contributed by atoms with Gasteiger partial charge in [-0.2, -0.15) is 0 Å². The Morgan fingerprint density at radius 2 is 1.86 bits per heavy atom. The van der Waals surface area contributed by atoms with Gasteiger partial charge in [0, 0.05) is 24.3 Å². The Morgan fingerprint density at radius 1 is 1.10 bits per heavy atom. The van der Waals surface area contributed by atoms with E-state index in [1.807, 2.05) is 24.3 Å². The Morgan fingerprint density at radius 3 is 2.52 bits per heavy atom. The minimum Gasteiger partial charge on any atom is -0.497 e. The van der Waals surface area contributed by atoms with Crippen LogP contribution in [0.3, 0.4) is 0 Å². The van der Waals surface area contributed by atoms with E-state index in [1.54, 1.807) is 20.4 Å². The van der Waals surface area contributed by atoms with E-state index in [4.69, 9.17) is 9.47 Å². The molecule has 0 spiro atoms. The van der Waals surface area contributed by atoms with Gasteiger partial charge < -0.3 is 14.8 Å². The van der Waals surface area contributed by atoms with Crippen molar-refractivity contribution in [3.05, 3.63) is 53.7 Å². The number of rotatable bonds is 7. The molecule has 0 amide bonds. The van der Waals surface area contributed by atoms with E-state index in [0.29, 0.717) is 11.9 Å². The van der Waals surface area contributed by atoms with E-state index in [0.717, 1.165) is 24.3 Å². The van der Waals surface area contributed by atoms with Gasteiger partial charge in [-0.3, -0.25) is 0 Å². The third-order valence-electron chi connectivity index (χ3n) is 3.39. The molecular weight excluding hydrogens is 264 g/mol. The number of ether oxygens (including phenoxy) is 2. The molecule has 1 heterocycles. The minimum absolute atomic E-state index is 0.364. The lowest BCUT2D eigenvalue weighted by atomic mass is 10.1. The molecule has 0 fully saturated rings. The summed E-state index contributed by atoms with van der Waals surface area (Å²) in [5.41, 5.74) is 2.36. The maximum atomic E-state index is 5.26. The smallest absolute Gasteiger partial charge is 0.217 e. The van der Waals surface area contributed by atoms with Crippen molar-refractivity contribution in [3.8, 4) is 11.6 Å². The molecule has 0 saturated heterocycles. The molecule has 0 bridgehead atoms. The molecule has 21 heavy (non-hydrogen) atoms. The summed E-state index contributed by atoms with van der Waals surface area (Å²) in [5.74, 6) is 1.57. The Balaban J connectivity index is 1.87. The van der Waals surface area contributed by atoms with Crippen LogP contribution in [0.2, 0.25) is 0 Å². The first-order valence-corrected chi connectivity index (χ1v) is 7.07. The first-order valence-electron chi connectivity index (χ1n) is 7.07. The van der Waals surface area contributed by atoms with Crippen LogP contribution in [0.1, 0.15) is 18.1 Å². The average molecular weight is 286 g/mol. The van der Waals surface area contributed by atoms with Crippen molar-refractivity contribution in [2.75, 3.05) is 14.2 Å². The van der Waals surface area contributed by atoms with Crippen molar-refractivity contribution in [2.24, 2.45) is 0 Å². The number of nitrogens with one attached hydrogen (secondary N) is 1. The van der Waals surface area contributed by atoms with E-state index in [1.165, 1.54) is 5.56 Å². The number of aromatic nitrogens is 1. The van der Waals surface area contributed by atoms with E-state index in [-0.39, 0.29) is 0 Å². The molecule has 0 aliphatic carbocycles. The van der Waals surface area contributed by atoms with Gasteiger partial charge in [0.2, 0.25) is 5.88 Å². The lowest BCUT2D eigenvalue weighted by molar-refractivity contribution is 0.388. The lowest BCUT2D eigenvalue weighted by Crippen LogP contribution is -2.27. The third-order valence-corrected chi connectivity index (χ3v) is 3.39. The molecule has 0 radical (unpaired) electrons. The van der Waals surface area contributed by atoms with E-state index >= 15 is 0 Å². The van der Waals surface area contributed by atoms with Gasteiger partial charge >= 0.3 is 0 Å². The molecule has 1 N–H and O–H groups in total. The van der Waals surface area contributed by atoms with Crippen molar-refractivity contribution in [2.45, 2.75) is 25.9 Å². The molecule has 112 valence electrons. The van der Waals surface area contributed by atoms with Gasteiger partial charge in [-0.25, -0.2) is 4.98 Å². The molecule has 1 aromatic heterocycles. The summed E-state index contributed by atoms with van der Waals surface area (Å²) in [5, 5.41) is 3.50. The Kier molecular flexibility index (Phi) is 5.58. The SMILES string of the molecule is COc1ccc(CC(C)NCc2cccnc2OC)cc1. The third kappa shape index (κ3) is 4.46. The van der Waals surface area contributed by atoms with Crippen LogP contribution in [0.5, 0.6) is 11.6 Å². The highest BCUT2D eigenvalue weighted by atomic mass is 16.5. The Hall–Kier alpha value is -2.07. The van der Waals surface area contributed by atoms with Crippen molar-refractivity contribution < 1.29 is 9.47 Å². The van der Waals surface area contributed by atoms with Crippen LogP contribution >= 0.6 is 0 Å². The number of hydrogen-bond donors (Lipinski definition) is 1. The first kappa shape index (κ1) is 15.3. The number of benzene rings is 1. The fraction of sp³-hybridized carbons (Fsp3) is 0.353. The topological polar surface area (TPSA) is 43.4 Å². The van der Waals surface area contributed by atoms with E-state index in [9.17, 15) is 0 Å². The molecular formula is C17H22N2O2. The number of nitrogens with zero attached hydrogens (tertiary/aromatic N) is 1. The molecule has 1 atom stereocenters. The second-order valence-electron chi connectivity index (χ2n) is 5.01. The number of pyridine rings is 1. The van der Waals surface area contributed by atoms with Crippen LogP contribution in [0.25, 0.3) is 0 Å². The summed E-state index contributed by atoms with van der Waals surface area (Å²) >= 11 is 0. The number of hydrogen-bond acceptors (Lipinski definition) is 4. The van der Waals surface area contributed by atoms with Crippen molar-refractivity contribution in [1.82, 2.24) is 10.3 Å². The molecule has 0 aliphatic heterocycles. The largest absolute Gasteiger partial charge is 0.497 e. The van der Waals surface area contributed by atoms with Crippen LogP contribution in [0.4, 0.5) is 0 Å². The normalized spacial score (nSPS) is 12.0. The highest BCUT2D eigenvalue weighted by molar-refractivity contribution is 5.28. The summed E-state index contributed by atoms with van der Waals surface area (Å²) in [6.45, 7) is 2.92. The lowest BCUT2D eigenvalue weighted by Gasteiger charge is -2.15. The predicted octanol–water partition coefficient (Wildman–Crippen LogP) is 2.82. The fourth-order valence-corrected chi connectivity index (χ4v) is 2.21. The Bertz CT molecular complexity index is 555. The fourth-order valence-electron chi connectivity index (χ4n) is 2.21. The second kappa shape index (κ2) is 7.64. The molecule has 0 saturated carbocycles. The van der Waals surface area contributed by atoms with Crippen LogP contribution in [0, 0.1) is 0 Å². The second-order valence-corrected chi connectivity index (χ2v) is 5.01. The van der Waals surface area contributed by atoms with E-state index < -0.39 is 0 Å². The van der Waals surface area contributed by atoms with Crippen molar-refractivity contribution in [1.29, 1.82) is 0 Å². The van der Waals surface area contributed by atoms with Crippen molar-refractivity contribution in [3.63, 3.8) is 0 Å². The molecule has 1 unspecified atom stereocenters. The zero-order valence-electron chi connectivity index (χ0n) is 12.8. The van der Waals surface area contributed by atoms with Gasteiger partial charge in [-0.1, -0.05) is 18.2 Å². The first-order chi connectivity index (χ1) is 10.2. The summed E-state index contributed by atoms with van der Waals surface area (Å²) in [6, 6.07) is 12.5. The molecule has 1 aromatic carbocycles. The van der Waals surface area contributed by atoms with Gasteiger partial charge in [-0.15, -0.1) is 0 Å². The summed E-state index contributed by atoms with van der Waals surface area (Å²) < 4.78 is 10.4. The summed E-state index contributed by atoms with van der Waals surface area (Å²) in [6.07, 6.45) is 2.70. The number of methoxy groups -OCH3 is 2. The quantitative estimate of drug-likeness (QED) is 0.850. The maximum absolute atomic E-state index is 5.26. The summed E-state index contributed by atoms with van der Waals surface area (Å²) in [7, 11) is 3.33. The standard InChI is InChI=1S/C17H22N2O2/c1-13(11-14-6-8-16(20-2)9-7-14)19-12-15-5-4-10-18-17(15)21-3/h4-10,13,19H,11-12H2,1-3H3. The molecule has 2 rings (SSSR count).